The molecule has 0 bridgehead atoms. The van der Waals surface area contributed by atoms with Crippen molar-refractivity contribution in [1.29, 1.82) is 5.26 Å². The number of carbonyl (C=O) groups excluding carboxylic acids is 2. The predicted molar refractivity (Wildman–Crippen MR) is 157 cm³/mol. The Bertz CT molecular complexity index is 1240. The summed E-state index contributed by atoms with van der Waals surface area (Å²) in [7, 11) is 2.13. The summed E-state index contributed by atoms with van der Waals surface area (Å²) in [6.07, 6.45) is 5.32. The predicted octanol–water partition coefficient (Wildman–Crippen LogP) is 2.18. The van der Waals surface area contributed by atoms with Gasteiger partial charge in [-0.05, 0) is 62.9 Å². The van der Waals surface area contributed by atoms with Gasteiger partial charge in [-0.2, -0.15) is 5.26 Å². The van der Waals surface area contributed by atoms with Crippen molar-refractivity contribution < 1.29 is 19.1 Å². The second-order valence-electron chi connectivity index (χ2n) is 12.8. The number of piperazine rings is 1. The number of rotatable bonds is 6. The molecule has 1 aromatic rings. The Kier molecular flexibility index (Phi) is 8.40. The molecule has 1 amide bonds. The van der Waals surface area contributed by atoms with E-state index in [0.717, 1.165) is 37.1 Å². The summed E-state index contributed by atoms with van der Waals surface area (Å²) in [4.78, 5) is 33.5. The number of nitrogens with one attached hydrogen (secondary N) is 2. The molecule has 3 saturated heterocycles. The van der Waals surface area contributed by atoms with E-state index in [1.807, 2.05) is 18.2 Å². The van der Waals surface area contributed by atoms with Crippen molar-refractivity contribution >= 4 is 11.7 Å². The van der Waals surface area contributed by atoms with Crippen LogP contribution in [0.2, 0.25) is 0 Å². The Morgan fingerprint density at radius 1 is 1.24 bits per heavy atom. The minimum atomic E-state index is -0.863. The number of hydrogen-bond donors (Lipinski definition) is 2. The molecule has 2 N–H and O–H groups in total. The maximum atomic E-state index is 14.5. The Morgan fingerprint density at radius 2 is 2.07 bits per heavy atom. The monoisotopic (exact) mass is 576 g/mol. The summed E-state index contributed by atoms with van der Waals surface area (Å²) in [5.74, 6) is 0.990. The first-order chi connectivity index (χ1) is 20.3. The van der Waals surface area contributed by atoms with Crippen molar-refractivity contribution in [3.8, 4) is 11.8 Å². The maximum absolute atomic E-state index is 14.5. The average Bonchev–Trinajstić information content (AvgIpc) is 3.42. The SMILES string of the molecule is C=CC(=O)N1CCN(C2NC(OCC3CCCN3C)NC3C(=O)[C@]4(CCC32)CC(C)c2ccccc2O4)CC1CC#N. The lowest BCUT2D eigenvalue weighted by molar-refractivity contribution is -0.161. The molecular weight excluding hydrogens is 532 g/mol. The lowest BCUT2D eigenvalue weighted by atomic mass is 9.67. The second kappa shape index (κ2) is 12.1. The van der Waals surface area contributed by atoms with Crippen molar-refractivity contribution in [1.82, 2.24) is 25.3 Å². The van der Waals surface area contributed by atoms with Crippen LogP contribution >= 0.6 is 0 Å². The normalized spacial score (nSPS) is 37.0. The Balaban J connectivity index is 1.25. The Hall–Kier alpha value is -2.81. The van der Waals surface area contributed by atoms with Crippen LogP contribution in [0, 0.1) is 17.2 Å². The lowest BCUT2D eigenvalue weighted by Crippen LogP contribution is -2.76. The first-order valence-corrected chi connectivity index (χ1v) is 15.5. The standard InChI is InChI=1S/C32H44N6O4/c1-4-27(39)38-17-16-37(19-22(38)12-14-33)30-25-11-13-32(18-21(2)24-9-5-6-10-26(24)42-32)29(40)28(25)34-31(35-30)41-20-23-8-7-15-36(23)3/h4-6,9-10,21-23,25,28,30-31,34-35H,1,7-8,11-13,15-20H2,2-3H3/t21?,22?,23?,25?,28?,30?,31?,32-/m0/s1. The molecule has 42 heavy (non-hydrogen) atoms. The van der Waals surface area contributed by atoms with Crippen LogP contribution in [-0.2, 0) is 14.3 Å². The van der Waals surface area contributed by atoms with Gasteiger partial charge in [0, 0.05) is 38.0 Å². The smallest absolute Gasteiger partial charge is 0.246 e. The fourth-order valence-corrected chi connectivity index (χ4v) is 8.03. The van der Waals surface area contributed by atoms with Crippen LogP contribution in [0.5, 0.6) is 5.75 Å². The molecule has 8 atom stereocenters. The van der Waals surface area contributed by atoms with Crippen LogP contribution in [0.4, 0.5) is 0 Å². The number of likely N-dealkylation sites (tertiary alicyclic amines) is 1. The van der Waals surface area contributed by atoms with Gasteiger partial charge in [-0.25, -0.2) is 0 Å². The van der Waals surface area contributed by atoms with Crippen molar-refractivity contribution in [2.45, 2.75) is 87.6 Å². The second-order valence-corrected chi connectivity index (χ2v) is 12.8. The van der Waals surface area contributed by atoms with Crippen LogP contribution in [-0.4, -0.2) is 102 Å². The van der Waals surface area contributed by atoms with E-state index in [-0.39, 0.29) is 42.2 Å². The number of fused-ring (bicyclic) bond motifs is 2. The van der Waals surface area contributed by atoms with Crippen molar-refractivity contribution in [3.63, 3.8) is 0 Å². The Morgan fingerprint density at radius 3 is 2.83 bits per heavy atom. The summed E-state index contributed by atoms with van der Waals surface area (Å²) in [6.45, 7) is 9.18. The van der Waals surface area contributed by atoms with E-state index >= 15 is 0 Å². The number of benzene rings is 1. The number of nitriles is 1. The highest BCUT2D eigenvalue weighted by molar-refractivity contribution is 5.94. The molecule has 4 aliphatic heterocycles. The quantitative estimate of drug-likeness (QED) is 0.493. The first kappa shape index (κ1) is 29.3. The molecule has 1 spiro atoms. The van der Waals surface area contributed by atoms with Gasteiger partial charge in [-0.15, -0.1) is 0 Å². The summed E-state index contributed by atoms with van der Waals surface area (Å²) >= 11 is 0. The van der Waals surface area contributed by atoms with Crippen LogP contribution < -0.4 is 15.4 Å². The lowest BCUT2D eigenvalue weighted by Gasteiger charge is -2.55. The number of ether oxygens (including phenoxy) is 2. The van der Waals surface area contributed by atoms with E-state index in [2.05, 4.69) is 53.1 Å². The molecule has 1 aromatic carbocycles. The highest BCUT2D eigenvalue weighted by atomic mass is 16.5. The molecule has 1 saturated carbocycles. The number of para-hydroxylation sites is 1. The molecule has 6 rings (SSSR count). The van der Waals surface area contributed by atoms with Gasteiger partial charge in [0.15, 0.2) is 17.7 Å². The van der Waals surface area contributed by atoms with Gasteiger partial charge in [0.25, 0.3) is 0 Å². The number of carbonyl (C=O) groups is 2. The number of likely N-dealkylation sites (N-methyl/N-ethyl adjacent to an activating group) is 1. The largest absolute Gasteiger partial charge is 0.479 e. The summed E-state index contributed by atoms with van der Waals surface area (Å²) in [6, 6.07) is 10.0. The number of nitrogens with zero attached hydrogens (tertiary/aromatic N) is 4. The molecule has 7 unspecified atom stereocenters. The van der Waals surface area contributed by atoms with E-state index in [0.29, 0.717) is 45.1 Å². The maximum Gasteiger partial charge on any atom is 0.246 e. The molecule has 226 valence electrons. The van der Waals surface area contributed by atoms with Crippen LogP contribution in [0.1, 0.15) is 56.9 Å². The number of ketones is 1. The minimum absolute atomic E-state index is 0.00222. The van der Waals surface area contributed by atoms with E-state index in [1.165, 1.54) is 6.08 Å². The highest BCUT2D eigenvalue weighted by Crippen LogP contribution is 2.47. The Labute approximate surface area is 249 Å². The molecular formula is C32H44N6O4. The van der Waals surface area contributed by atoms with Gasteiger partial charge in [-0.1, -0.05) is 31.7 Å². The molecule has 4 fully saturated rings. The highest BCUT2D eigenvalue weighted by Gasteiger charge is 2.57. The van der Waals surface area contributed by atoms with Gasteiger partial charge < -0.3 is 19.3 Å². The fraction of sp³-hybridized carbons (Fsp3) is 0.656. The summed E-state index contributed by atoms with van der Waals surface area (Å²) in [5.41, 5.74) is 0.296. The van der Waals surface area contributed by atoms with E-state index < -0.39 is 18.0 Å². The van der Waals surface area contributed by atoms with Gasteiger partial charge in [0.2, 0.25) is 5.91 Å². The number of Topliss-reactive ketones (excluding diaryl/α,β-unsaturated/α-hetero) is 1. The fourth-order valence-electron chi connectivity index (χ4n) is 8.03. The topological polar surface area (TPSA) is 110 Å². The van der Waals surface area contributed by atoms with E-state index in [9.17, 15) is 14.9 Å². The molecule has 0 aromatic heterocycles. The summed E-state index contributed by atoms with van der Waals surface area (Å²) in [5, 5.41) is 16.8. The third-order valence-corrected chi connectivity index (χ3v) is 10.3. The van der Waals surface area contributed by atoms with Crippen molar-refractivity contribution in [3.05, 3.63) is 42.5 Å². The minimum Gasteiger partial charge on any atom is -0.479 e. The zero-order chi connectivity index (χ0) is 29.4. The molecule has 0 radical (unpaired) electrons. The van der Waals surface area contributed by atoms with Gasteiger partial charge in [-0.3, -0.25) is 25.1 Å². The van der Waals surface area contributed by atoms with Crippen molar-refractivity contribution in [2.75, 3.05) is 39.8 Å². The third kappa shape index (κ3) is 5.38. The molecule has 10 nitrogen and oxygen atoms in total. The van der Waals surface area contributed by atoms with Gasteiger partial charge >= 0.3 is 0 Å². The van der Waals surface area contributed by atoms with Crippen molar-refractivity contribution in [2.24, 2.45) is 5.92 Å². The molecule has 1 aliphatic carbocycles. The molecule has 5 aliphatic rings. The summed E-state index contributed by atoms with van der Waals surface area (Å²) < 4.78 is 13.1. The number of amides is 1. The number of hydrogen-bond acceptors (Lipinski definition) is 9. The van der Waals surface area contributed by atoms with E-state index in [1.54, 1.807) is 4.90 Å². The van der Waals surface area contributed by atoms with Gasteiger partial charge in [0.1, 0.15) is 5.75 Å². The zero-order valence-corrected chi connectivity index (χ0v) is 24.8. The zero-order valence-electron chi connectivity index (χ0n) is 24.8. The van der Waals surface area contributed by atoms with Crippen LogP contribution in [0.3, 0.4) is 0 Å². The third-order valence-electron chi connectivity index (χ3n) is 10.3. The molecule has 10 heteroatoms. The van der Waals surface area contributed by atoms with E-state index in [4.69, 9.17) is 9.47 Å². The molecule has 4 heterocycles. The first-order valence-electron chi connectivity index (χ1n) is 15.5. The van der Waals surface area contributed by atoms with Gasteiger partial charge in [0.05, 0.1) is 37.3 Å². The van der Waals surface area contributed by atoms with Crippen LogP contribution in [0.25, 0.3) is 0 Å². The average molecular weight is 577 g/mol. The van der Waals surface area contributed by atoms with Crippen LogP contribution in [0.15, 0.2) is 36.9 Å².